The van der Waals surface area contributed by atoms with Gasteiger partial charge in [0.05, 0.1) is 6.54 Å². The average Bonchev–Trinajstić information content (AvgIpc) is 2.98. The maximum Gasteiger partial charge on any atom is 0.224 e. The van der Waals surface area contributed by atoms with Crippen molar-refractivity contribution < 1.29 is 4.79 Å². The highest BCUT2D eigenvalue weighted by molar-refractivity contribution is 7.09. The number of nitrogens with one attached hydrogen (secondary N) is 1. The van der Waals surface area contributed by atoms with E-state index in [1.54, 1.807) is 11.3 Å². The van der Waals surface area contributed by atoms with Crippen LogP contribution in [-0.2, 0) is 11.3 Å². The Labute approximate surface area is 132 Å². The molecule has 1 amide bonds. The van der Waals surface area contributed by atoms with Crippen molar-refractivity contribution in [1.82, 2.24) is 10.2 Å². The molecule has 4 heteroatoms. The van der Waals surface area contributed by atoms with E-state index in [1.165, 1.54) is 24.1 Å². The number of carbonyl (C=O) groups is 1. The van der Waals surface area contributed by atoms with Gasteiger partial charge in [-0.15, -0.1) is 11.3 Å². The molecule has 0 aliphatic heterocycles. The van der Waals surface area contributed by atoms with Gasteiger partial charge < -0.3 is 10.2 Å². The van der Waals surface area contributed by atoms with Crippen LogP contribution in [0.25, 0.3) is 0 Å². The lowest BCUT2D eigenvalue weighted by atomic mass is 9.79. The lowest BCUT2D eigenvalue weighted by Crippen LogP contribution is -2.49. The molecule has 1 aliphatic carbocycles. The molecule has 3 nitrogen and oxygen atoms in total. The van der Waals surface area contributed by atoms with Crippen LogP contribution in [-0.4, -0.2) is 29.4 Å². The number of rotatable bonds is 6. The Morgan fingerprint density at radius 2 is 2.10 bits per heavy atom. The van der Waals surface area contributed by atoms with Gasteiger partial charge in [0.15, 0.2) is 0 Å². The zero-order valence-electron chi connectivity index (χ0n) is 13.5. The predicted molar refractivity (Wildman–Crippen MR) is 89.5 cm³/mol. The van der Waals surface area contributed by atoms with Crippen LogP contribution in [0.4, 0.5) is 0 Å². The van der Waals surface area contributed by atoms with Crippen LogP contribution in [0.3, 0.4) is 0 Å². The molecule has 1 N–H and O–H groups in total. The van der Waals surface area contributed by atoms with Crippen LogP contribution in [0.2, 0.25) is 0 Å². The molecule has 1 fully saturated rings. The molecular weight excluding hydrogens is 280 g/mol. The summed E-state index contributed by atoms with van der Waals surface area (Å²) >= 11 is 1.73. The number of nitrogens with zero attached hydrogens (tertiary/aromatic N) is 1. The number of hydrogen-bond acceptors (Lipinski definition) is 3. The Morgan fingerprint density at radius 1 is 1.38 bits per heavy atom. The third-order valence-corrected chi connectivity index (χ3v) is 5.54. The molecule has 1 aromatic heterocycles. The normalized spacial score (nSPS) is 17.9. The van der Waals surface area contributed by atoms with E-state index in [2.05, 4.69) is 36.7 Å². The highest BCUT2D eigenvalue weighted by Gasteiger charge is 2.34. The molecule has 0 aromatic carbocycles. The molecule has 1 aliphatic rings. The van der Waals surface area contributed by atoms with Gasteiger partial charge in [-0.1, -0.05) is 25.3 Å². The van der Waals surface area contributed by atoms with E-state index in [9.17, 15) is 4.79 Å². The molecule has 1 saturated carbocycles. The van der Waals surface area contributed by atoms with Gasteiger partial charge in [-0.05, 0) is 45.2 Å². The Morgan fingerprint density at radius 3 is 2.62 bits per heavy atom. The summed E-state index contributed by atoms with van der Waals surface area (Å²) in [4.78, 5) is 16.1. The van der Waals surface area contributed by atoms with Crippen molar-refractivity contribution in [2.75, 3.05) is 7.05 Å². The zero-order chi connectivity index (χ0) is 15.3. The summed E-state index contributed by atoms with van der Waals surface area (Å²) in [6, 6.07) is 4.41. The number of hydrogen-bond donors (Lipinski definition) is 1. The first-order valence-corrected chi connectivity index (χ1v) is 8.95. The van der Waals surface area contributed by atoms with Crippen LogP contribution >= 0.6 is 11.3 Å². The molecule has 21 heavy (non-hydrogen) atoms. The second-order valence-electron chi connectivity index (χ2n) is 6.46. The fourth-order valence-electron chi connectivity index (χ4n) is 3.26. The maximum atomic E-state index is 12.8. The third-order valence-electron chi connectivity index (χ3n) is 4.68. The Hall–Kier alpha value is -0.870. The second kappa shape index (κ2) is 7.41. The summed E-state index contributed by atoms with van der Waals surface area (Å²) in [5, 5.41) is 5.53. The average molecular weight is 308 g/mol. The van der Waals surface area contributed by atoms with Gasteiger partial charge in [0.2, 0.25) is 5.91 Å². The van der Waals surface area contributed by atoms with Gasteiger partial charge in [0.1, 0.15) is 0 Å². The molecule has 2 rings (SSSR count). The van der Waals surface area contributed by atoms with E-state index in [1.807, 2.05) is 11.9 Å². The van der Waals surface area contributed by atoms with Gasteiger partial charge in [0.25, 0.3) is 0 Å². The molecule has 0 unspecified atom stereocenters. The van der Waals surface area contributed by atoms with Gasteiger partial charge in [-0.3, -0.25) is 4.79 Å². The third kappa shape index (κ3) is 4.30. The Bertz CT molecular complexity index is 436. The topological polar surface area (TPSA) is 32.3 Å². The summed E-state index contributed by atoms with van der Waals surface area (Å²) in [6.45, 7) is 4.96. The summed E-state index contributed by atoms with van der Waals surface area (Å²) in [5.74, 6) is 0.287. The number of carbonyl (C=O) groups excluding carboxylic acids is 1. The minimum atomic E-state index is 0.0257. The number of amides is 1. The molecule has 1 aromatic rings. The van der Waals surface area contributed by atoms with Crippen LogP contribution in [0.5, 0.6) is 0 Å². The Kier molecular flexibility index (Phi) is 5.82. The van der Waals surface area contributed by atoms with Crippen molar-refractivity contribution in [3.8, 4) is 0 Å². The Balaban J connectivity index is 2.03. The predicted octanol–water partition coefficient (Wildman–Crippen LogP) is 3.80. The van der Waals surface area contributed by atoms with E-state index in [0.717, 1.165) is 19.4 Å². The summed E-state index contributed by atoms with van der Waals surface area (Å²) in [6.07, 6.45) is 6.66. The monoisotopic (exact) mass is 308 g/mol. The fourth-order valence-corrected chi connectivity index (χ4v) is 3.97. The van der Waals surface area contributed by atoms with Gasteiger partial charge >= 0.3 is 0 Å². The first kappa shape index (κ1) is 16.5. The molecule has 0 bridgehead atoms. The fraction of sp³-hybridized carbons (Fsp3) is 0.706. The van der Waals surface area contributed by atoms with Crippen molar-refractivity contribution >= 4 is 17.2 Å². The van der Waals surface area contributed by atoms with Crippen molar-refractivity contribution in [2.24, 2.45) is 0 Å². The van der Waals surface area contributed by atoms with Crippen molar-refractivity contribution in [3.63, 3.8) is 0 Å². The molecule has 0 atom stereocenters. The quantitative estimate of drug-likeness (QED) is 0.867. The highest BCUT2D eigenvalue weighted by Crippen LogP contribution is 2.31. The molecule has 0 spiro atoms. The van der Waals surface area contributed by atoms with Crippen molar-refractivity contribution in [1.29, 1.82) is 0 Å². The van der Waals surface area contributed by atoms with Crippen molar-refractivity contribution in [3.05, 3.63) is 22.4 Å². The first-order valence-electron chi connectivity index (χ1n) is 8.07. The first-order chi connectivity index (χ1) is 10.1. The van der Waals surface area contributed by atoms with Crippen LogP contribution in [0.15, 0.2) is 17.5 Å². The summed E-state index contributed by atoms with van der Waals surface area (Å²) in [5.41, 5.74) is 0.0257. The van der Waals surface area contributed by atoms with Gasteiger partial charge in [0, 0.05) is 22.9 Å². The smallest absolute Gasteiger partial charge is 0.224 e. The van der Waals surface area contributed by atoms with E-state index < -0.39 is 0 Å². The largest absolute Gasteiger partial charge is 0.335 e. The van der Waals surface area contributed by atoms with Crippen LogP contribution < -0.4 is 5.32 Å². The number of thiophene rings is 1. The summed E-state index contributed by atoms with van der Waals surface area (Å²) in [7, 11) is 2.01. The van der Waals surface area contributed by atoms with E-state index in [4.69, 9.17) is 0 Å². The van der Waals surface area contributed by atoms with E-state index >= 15 is 0 Å². The SMILES string of the molecule is CNC1(CC(=O)N(Cc2cccs2)C(C)C)CCCCC1. The van der Waals surface area contributed by atoms with Crippen LogP contribution in [0.1, 0.15) is 57.2 Å². The zero-order valence-corrected chi connectivity index (χ0v) is 14.3. The molecule has 0 saturated heterocycles. The standard InChI is InChI=1S/C17H28N2OS/c1-14(2)19(13-15-8-7-11-21-15)16(20)12-17(18-3)9-5-4-6-10-17/h7-8,11,14,18H,4-6,9-10,12-13H2,1-3H3. The van der Waals surface area contributed by atoms with Crippen molar-refractivity contribution in [2.45, 2.75) is 70.5 Å². The molecule has 0 radical (unpaired) electrons. The maximum absolute atomic E-state index is 12.8. The lowest BCUT2D eigenvalue weighted by Gasteiger charge is -2.39. The van der Waals surface area contributed by atoms with Crippen LogP contribution in [0, 0.1) is 0 Å². The molecular formula is C17H28N2OS. The minimum Gasteiger partial charge on any atom is -0.335 e. The minimum absolute atomic E-state index is 0.0257. The molecule has 1 heterocycles. The highest BCUT2D eigenvalue weighted by atomic mass is 32.1. The summed E-state index contributed by atoms with van der Waals surface area (Å²) < 4.78 is 0. The van der Waals surface area contributed by atoms with E-state index in [-0.39, 0.29) is 17.5 Å². The van der Waals surface area contributed by atoms with Gasteiger partial charge in [-0.25, -0.2) is 0 Å². The van der Waals surface area contributed by atoms with E-state index in [0.29, 0.717) is 6.42 Å². The second-order valence-corrected chi connectivity index (χ2v) is 7.49. The lowest BCUT2D eigenvalue weighted by molar-refractivity contribution is -0.135. The molecule has 118 valence electrons. The van der Waals surface area contributed by atoms with Gasteiger partial charge in [-0.2, -0.15) is 0 Å².